The first-order valence-corrected chi connectivity index (χ1v) is 12.8. The molecule has 6 heteroatoms. The van der Waals surface area contributed by atoms with E-state index < -0.39 is 0 Å². The fourth-order valence-electron chi connectivity index (χ4n) is 7.34. The number of rotatable bonds is 3. The topological polar surface area (TPSA) is 53.1 Å². The molecule has 0 saturated carbocycles. The second-order valence-corrected chi connectivity index (χ2v) is 10.6. The van der Waals surface area contributed by atoms with Gasteiger partial charge < -0.3 is 14.5 Å². The van der Waals surface area contributed by atoms with Gasteiger partial charge in [0.15, 0.2) is 0 Å². The summed E-state index contributed by atoms with van der Waals surface area (Å²) in [7, 11) is 1.64. The van der Waals surface area contributed by atoms with Crippen LogP contribution in [0.4, 0.5) is 5.69 Å². The van der Waals surface area contributed by atoms with Gasteiger partial charge in [0.25, 0.3) is 0 Å². The zero-order valence-electron chi connectivity index (χ0n) is 19.6. The van der Waals surface area contributed by atoms with Crippen molar-refractivity contribution in [2.45, 2.75) is 57.0 Å². The summed E-state index contributed by atoms with van der Waals surface area (Å²) in [6, 6.07) is 8.52. The predicted molar refractivity (Wildman–Crippen MR) is 127 cm³/mol. The van der Waals surface area contributed by atoms with Crippen LogP contribution in [0, 0.1) is 17.8 Å². The molecule has 0 unspecified atom stereocenters. The quantitative estimate of drug-likeness (QED) is 0.663. The van der Waals surface area contributed by atoms with Crippen molar-refractivity contribution in [2.75, 3.05) is 38.2 Å². The molecule has 176 valence electrons. The van der Waals surface area contributed by atoms with Crippen LogP contribution in [0.2, 0.25) is 0 Å². The molecule has 2 bridgehead atoms. The number of carbonyl (C=O) groups excluding carboxylic acids is 2. The summed E-state index contributed by atoms with van der Waals surface area (Å²) in [5.74, 6) is 1.97. The summed E-state index contributed by atoms with van der Waals surface area (Å²) < 4.78 is 5.24. The molecule has 1 aromatic carbocycles. The fraction of sp³-hybridized carbons (Fsp3) is 0.630. The number of hydrogen-bond donors (Lipinski definition) is 0. The number of amides is 2. The molecule has 4 fully saturated rings. The highest BCUT2D eigenvalue weighted by Gasteiger charge is 2.48. The number of fused-ring (bicyclic) bond motifs is 6. The van der Waals surface area contributed by atoms with Gasteiger partial charge in [0.05, 0.1) is 19.1 Å². The van der Waals surface area contributed by atoms with Gasteiger partial charge in [-0.3, -0.25) is 14.5 Å². The van der Waals surface area contributed by atoms with Crippen LogP contribution in [-0.4, -0.2) is 67.0 Å². The Labute approximate surface area is 196 Å². The fourth-order valence-corrected chi connectivity index (χ4v) is 7.34. The van der Waals surface area contributed by atoms with Crippen molar-refractivity contribution in [2.24, 2.45) is 17.8 Å². The number of ether oxygens (including phenoxy) is 1. The van der Waals surface area contributed by atoms with Gasteiger partial charge in [0, 0.05) is 37.8 Å². The molecular weight excluding hydrogens is 414 g/mol. The molecule has 0 aromatic heterocycles. The van der Waals surface area contributed by atoms with Crippen molar-refractivity contribution in [3.05, 3.63) is 35.9 Å². The predicted octanol–water partition coefficient (Wildman–Crippen LogP) is 3.47. The van der Waals surface area contributed by atoms with Crippen LogP contribution in [0.5, 0.6) is 5.75 Å². The monoisotopic (exact) mass is 449 g/mol. The zero-order chi connectivity index (χ0) is 22.5. The molecule has 0 spiro atoms. The standard InChI is InChI=1S/C27H35N3O3/c1-33-23-9-7-22(8-10-23)30-17-21(15-25(30)31)27(32)29-12-4-5-18-13-19-14-20(26(18)29)16-28-11-3-2-6-24(19)28/h7-10,13,19-21,24,26H,2-6,11-12,14-17H2,1H3/t19-,20-,21+,24+,26-/m0/s1. The summed E-state index contributed by atoms with van der Waals surface area (Å²) in [5, 5.41) is 0. The largest absolute Gasteiger partial charge is 0.497 e. The number of nitrogens with zero attached hydrogens (tertiary/aromatic N) is 3. The first-order chi connectivity index (χ1) is 16.1. The lowest BCUT2D eigenvalue weighted by atomic mass is 9.68. The molecule has 0 N–H and O–H groups in total. The highest BCUT2D eigenvalue weighted by molar-refractivity contribution is 6.00. The van der Waals surface area contributed by atoms with E-state index in [1.165, 1.54) is 37.8 Å². The van der Waals surface area contributed by atoms with Crippen molar-refractivity contribution in [3.63, 3.8) is 0 Å². The molecular formula is C27H35N3O3. The molecule has 6 nitrogen and oxygen atoms in total. The van der Waals surface area contributed by atoms with Gasteiger partial charge in [-0.2, -0.15) is 0 Å². The lowest BCUT2D eigenvalue weighted by Crippen LogP contribution is -2.60. The van der Waals surface area contributed by atoms with Gasteiger partial charge in [-0.15, -0.1) is 0 Å². The van der Waals surface area contributed by atoms with Gasteiger partial charge in [0.2, 0.25) is 11.8 Å². The zero-order valence-corrected chi connectivity index (χ0v) is 19.6. The van der Waals surface area contributed by atoms with Crippen LogP contribution in [0.3, 0.4) is 0 Å². The third-order valence-corrected chi connectivity index (χ3v) is 8.80. The molecule has 1 aliphatic carbocycles. The lowest BCUT2D eigenvalue weighted by Gasteiger charge is -2.55. The summed E-state index contributed by atoms with van der Waals surface area (Å²) in [6.07, 6.45) is 10.3. The molecule has 4 saturated heterocycles. The molecule has 6 rings (SSSR count). The number of carbonyl (C=O) groups is 2. The molecule has 5 atom stereocenters. The number of hydrogen-bond acceptors (Lipinski definition) is 4. The van der Waals surface area contributed by atoms with E-state index in [1.807, 2.05) is 24.3 Å². The number of likely N-dealkylation sites (tertiary alicyclic amines) is 1. The van der Waals surface area contributed by atoms with E-state index in [9.17, 15) is 9.59 Å². The molecule has 4 aliphatic heterocycles. The Morgan fingerprint density at radius 1 is 1.06 bits per heavy atom. The molecule has 33 heavy (non-hydrogen) atoms. The minimum Gasteiger partial charge on any atom is -0.497 e. The minimum absolute atomic E-state index is 0.0452. The Balaban J connectivity index is 1.21. The Morgan fingerprint density at radius 3 is 2.73 bits per heavy atom. The Bertz CT molecular complexity index is 958. The summed E-state index contributed by atoms with van der Waals surface area (Å²) >= 11 is 0. The smallest absolute Gasteiger partial charge is 0.228 e. The average molecular weight is 450 g/mol. The van der Waals surface area contributed by atoms with E-state index >= 15 is 0 Å². The van der Waals surface area contributed by atoms with E-state index in [1.54, 1.807) is 12.0 Å². The SMILES string of the molecule is COc1ccc(N2C[C@H](C(=O)N3CCCC4=C[C@H]5C[C@@H](CN6CCCC[C@H]56)[C@H]43)CC2=O)cc1. The molecule has 5 aliphatic rings. The highest BCUT2D eigenvalue weighted by atomic mass is 16.5. The van der Waals surface area contributed by atoms with Crippen LogP contribution in [-0.2, 0) is 9.59 Å². The van der Waals surface area contributed by atoms with E-state index in [-0.39, 0.29) is 23.8 Å². The molecule has 0 radical (unpaired) electrons. The van der Waals surface area contributed by atoms with Gasteiger partial charge in [-0.1, -0.05) is 18.1 Å². The number of benzene rings is 1. The second-order valence-electron chi connectivity index (χ2n) is 10.6. The average Bonchev–Trinajstić information content (AvgIpc) is 3.25. The van der Waals surface area contributed by atoms with Crippen LogP contribution >= 0.6 is 0 Å². The summed E-state index contributed by atoms with van der Waals surface area (Å²) in [4.78, 5) is 33.3. The van der Waals surface area contributed by atoms with E-state index in [2.05, 4.69) is 15.9 Å². The van der Waals surface area contributed by atoms with Gasteiger partial charge in [0.1, 0.15) is 5.75 Å². The number of piperidine rings is 3. The van der Waals surface area contributed by atoms with Crippen LogP contribution < -0.4 is 9.64 Å². The van der Waals surface area contributed by atoms with Crippen molar-refractivity contribution < 1.29 is 14.3 Å². The van der Waals surface area contributed by atoms with Gasteiger partial charge in [-0.05, 0) is 74.8 Å². The Hall–Kier alpha value is -2.34. The molecule has 1 aromatic rings. The maximum atomic E-state index is 13.8. The summed E-state index contributed by atoms with van der Waals surface area (Å²) in [6.45, 7) is 3.66. The first kappa shape index (κ1) is 21.2. The third-order valence-electron chi connectivity index (χ3n) is 8.80. The maximum absolute atomic E-state index is 13.8. The second kappa shape index (κ2) is 8.46. The lowest BCUT2D eigenvalue weighted by molar-refractivity contribution is -0.140. The number of anilines is 1. The van der Waals surface area contributed by atoms with Crippen LogP contribution in [0.1, 0.15) is 44.9 Å². The summed E-state index contributed by atoms with van der Waals surface area (Å²) in [5.41, 5.74) is 2.36. The van der Waals surface area contributed by atoms with Crippen molar-refractivity contribution in [1.82, 2.24) is 9.80 Å². The van der Waals surface area contributed by atoms with Crippen LogP contribution in [0.25, 0.3) is 0 Å². The first-order valence-electron chi connectivity index (χ1n) is 12.8. The van der Waals surface area contributed by atoms with Crippen molar-refractivity contribution in [3.8, 4) is 5.75 Å². The Morgan fingerprint density at radius 2 is 1.91 bits per heavy atom. The molecule has 4 heterocycles. The highest BCUT2D eigenvalue weighted by Crippen LogP contribution is 2.45. The number of methoxy groups -OCH3 is 1. The van der Waals surface area contributed by atoms with Crippen LogP contribution in [0.15, 0.2) is 35.9 Å². The Kier molecular flexibility index (Phi) is 5.44. The normalized spacial score (nSPS) is 33.9. The molecule has 2 amide bonds. The van der Waals surface area contributed by atoms with E-state index in [0.717, 1.165) is 43.4 Å². The maximum Gasteiger partial charge on any atom is 0.228 e. The third kappa shape index (κ3) is 3.67. The van der Waals surface area contributed by atoms with E-state index in [4.69, 9.17) is 4.74 Å². The van der Waals surface area contributed by atoms with Gasteiger partial charge >= 0.3 is 0 Å². The van der Waals surface area contributed by atoms with Crippen molar-refractivity contribution >= 4 is 17.5 Å². The van der Waals surface area contributed by atoms with Crippen molar-refractivity contribution in [1.29, 1.82) is 0 Å². The van der Waals surface area contributed by atoms with E-state index in [0.29, 0.717) is 24.8 Å². The minimum atomic E-state index is -0.247. The van der Waals surface area contributed by atoms with Gasteiger partial charge in [-0.25, -0.2) is 0 Å².